The number of aromatic hydroxyl groups is 1. The fraction of sp³-hybridized carbons (Fsp3) is 0.500. The number of rotatable bonds is 4. The molecule has 8 heteroatoms. The van der Waals surface area contributed by atoms with Crippen LogP contribution in [0.1, 0.15) is 38.2 Å². The van der Waals surface area contributed by atoms with Gasteiger partial charge in [0.25, 0.3) is 0 Å². The van der Waals surface area contributed by atoms with E-state index in [4.69, 9.17) is 0 Å². The van der Waals surface area contributed by atoms with Crippen LogP contribution in [0, 0.1) is 27.4 Å². The number of benzene rings is 1. The summed E-state index contributed by atoms with van der Waals surface area (Å²) in [7, 11) is 0. The van der Waals surface area contributed by atoms with Crippen molar-refractivity contribution in [3.05, 3.63) is 32.3 Å². The van der Waals surface area contributed by atoms with Gasteiger partial charge in [-0.1, -0.05) is 35.7 Å². The van der Waals surface area contributed by atoms with Crippen LogP contribution in [0.2, 0.25) is 0 Å². The fourth-order valence-electron chi connectivity index (χ4n) is 3.93. The zero-order chi connectivity index (χ0) is 17.5. The van der Waals surface area contributed by atoms with E-state index in [1.165, 1.54) is 24.8 Å². The molecule has 2 aliphatic rings. The summed E-state index contributed by atoms with van der Waals surface area (Å²) >= 11 is 3.15. The number of nitrogens with zero attached hydrogens (tertiary/aromatic N) is 2. The molecule has 2 aliphatic carbocycles. The number of phenolic OH excluding ortho intramolecular Hbond substituents is 1. The van der Waals surface area contributed by atoms with Gasteiger partial charge in [0, 0.05) is 22.0 Å². The molecule has 2 saturated carbocycles. The lowest BCUT2D eigenvalue weighted by atomic mass is 9.90. The molecule has 0 spiro atoms. The van der Waals surface area contributed by atoms with Crippen molar-refractivity contribution >= 4 is 33.7 Å². The van der Waals surface area contributed by atoms with Crippen molar-refractivity contribution in [2.24, 2.45) is 22.4 Å². The fourth-order valence-corrected chi connectivity index (χ4v) is 4.39. The molecule has 3 rings (SSSR count). The van der Waals surface area contributed by atoms with Crippen molar-refractivity contribution in [2.45, 2.75) is 32.6 Å². The van der Waals surface area contributed by atoms with E-state index in [0.717, 1.165) is 19.3 Å². The molecule has 0 bridgehead atoms. The van der Waals surface area contributed by atoms with E-state index in [1.807, 2.05) is 0 Å². The average molecular weight is 396 g/mol. The summed E-state index contributed by atoms with van der Waals surface area (Å²) in [6.45, 7) is 2.15. The molecule has 7 nitrogen and oxygen atoms in total. The third-order valence-electron chi connectivity index (χ3n) is 5.27. The maximum Gasteiger partial charge on any atom is 0.312 e. The van der Waals surface area contributed by atoms with Gasteiger partial charge in [-0.2, -0.15) is 5.10 Å². The molecular formula is C16H18BrN3O4. The highest BCUT2D eigenvalue weighted by atomic mass is 79.9. The van der Waals surface area contributed by atoms with E-state index in [-0.39, 0.29) is 22.8 Å². The topological polar surface area (TPSA) is 105 Å². The van der Waals surface area contributed by atoms with Gasteiger partial charge < -0.3 is 5.11 Å². The Bertz CT molecular complexity index is 736. The second-order valence-electron chi connectivity index (χ2n) is 6.69. The Morgan fingerprint density at radius 2 is 2.29 bits per heavy atom. The number of nitro benzene ring substituents is 1. The van der Waals surface area contributed by atoms with Crippen molar-refractivity contribution in [1.29, 1.82) is 0 Å². The van der Waals surface area contributed by atoms with Gasteiger partial charge >= 0.3 is 5.69 Å². The van der Waals surface area contributed by atoms with E-state index in [1.54, 1.807) is 0 Å². The van der Waals surface area contributed by atoms with Gasteiger partial charge in [-0.3, -0.25) is 14.9 Å². The lowest BCUT2D eigenvalue weighted by Gasteiger charge is -2.15. The SMILES string of the molecule is C[C@]12CCCC[C@H]1[C@@H]2C(=O)N/N=C\c1cc(Br)cc([N+](=O)[O-])c1O. The monoisotopic (exact) mass is 395 g/mol. The van der Waals surface area contributed by atoms with Gasteiger partial charge in [-0.15, -0.1) is 0 Å². The maximum atomic E-state index is 12.3. The highest BCUT2D eigenvalue weighted by Gasteiger charge is 2.64. The first-order valence-corrected chi connectivity index (χ1v) is 8.63. The van der Waals surface area contributed by atoms with Crippen molar-refractivity contribution in [2.75, 3.05) is 0 Å². The summed E-state index contributed by atoms with van der Waals surface area (Å²) in [6, 6.07) is 2.71. The molecule has 0 aliphatic heterocycles. The lowest BCUT2D eigenvalue weighted by Crippen LogP contribution is -2.22. The van der Waals surface area contributed by atoms with Crippen LogP contribution in [0.3, 0.4) is 0 Å². The predicted octanol–water partition coefficient (Wildman–Crippen LogP) is 3.34. The predicted molar refractivity (Wildman–Crippen MR) is 91.8 cm³/mol. The van der Waals surface area contributed by atoms with Gasteiger partial charge in [-0.05, 0) is 30.2 Å². The zero-order valence-corrected chi connectivity index (χ0v) is 14.7. The van der Waals surface area contributed by atoms with Crippen LogP contribution < -0.4 is 5.43 Å². The molecule has 0 aromatic heterocycles. The first kappa shape index (κ1) is 16.9. The van der Waals surface area contributed by atoms with Crippen LogP contribution in [-0.4, -0.2) is 22.2 Å². The molecular weight excluding hydrogens is 378 g/mol. The van der Waals surface area contributed by atoms with Crippen LogP contribution in [0.4, 0.5) is 5.69 Å². The second-order valence-corrected chi connectivity index (χ2v) is 7.61. The highest BCUT2D eigenvalue weighted by molar-refractivity contribution is 9.10. The molecule has 1 amide bonds. The van der Waals surface area contributed by atoms with Gasteiger partial charge in [0.1, 0.15) is 0 Å². The minimum absolute atomic E-state index is 0.0115. The van der Waals surface area contributed by atoms with Crippen molar-refractivity contribution in [1.82, 2.24) is 5.43 Å². The van der Waals surface area contributed by atoms with Crippen LogP contribution in [-0.2, 0) is 4.79 Å². The number of phenols is 1. The average Bonchev–Trinajstić information content (AvgIpc) is 3.15. The highest BCUT2D eigenvalue weighted by Crippen LogP contribution is 2.66. The third kappa shape index (κ3) is 2.90. The van der Waals surface area contributed by atoms with Gasteiger partial charge in [0.2, 0.25) is 11.7 Å². The Hall–Kier alpha value is -1.96. The molecule has 0 saturated heterocycles. The van der Waals surface area contributed by atoms with Crippen molar-refractivity contribution in [3.63, 3.8) is 0 Å². The lowest BCUT2D eigenvalue weighted by molar-refractivity contribution is -0.385. The van der Waals surface area contributed by atoms with E-state index in [2.05, 4.69) is 33.4 Å². The number of hydrogen-bond acceptors (Lipinski definition) is 5. The van der Waals surface area contributed by atoms with Crippen molar-refractivity contribution < 1.29 is 14.8 Å². The molecule has 0 heterocycles. The number of hydrogen-bond donors (Lipinski definition) is 2. The summed E-state index contributed by atoms with van der Waals surface area (Å²) in [4.78, 5) is 22.5. The molecule has 1 aromatic rings. The minimum atomic E-state index is -0.675. The number of nitro groups is 1. The Morgan fingerprint density at radius 1 is 1.54 bits per heavy atom. The number of amides is 1. The number of hydrazone groups is 1. The van der Waals surface area contributed by atoms with Gasteiger partial charge in [-0.25, -0.2) is 5.43 Å². The van der Waals surface area contributed by atoms with E-state index in [9.17, 15) is 20.0 Å². The standard InChI is InChI=1S/C16H18BrN3O4/c1-16-5-3-2-4-11(16)13(16)15(22)19-18-8-9-6-10(17)7-12(14(9)21)20(23)24/h6-8,11,13,21H,2-5H2,1H3,(H,19,22)/b18-8-/t11-,13+,16-/m0/s1. The Kier molecular flexibility index (Phi) is 4.33. The molecule has 128 valence electrons. The molecule has 24 heavy (non-hydrogen) atoms. The number of carbonyl (C=O) groups excluding carboxylic acids is 1. The minimum Gasteiger partial charge on any atom is -0.502 e. The Morgan fingerprint density at radius 3 is 2.92 bits per heavy atom. The van der Waals surface area contributed by atoms with E-state index < -0.39 is 16.4 Å². The first-order valence-electron chi connectivity index (χ1n) is 7.84. The normalized spacial score (nSPS) is 28.4. The van der Waals surface area contributed by atoms with Crippen LogP contribution in [0.25, 0.3) is 0 Å². The smallest absolute Gasteiger partial charge is 0.312 e. The number of fused-ring (bicyclic) bond motifs is 1. The summed E-state index contributed by atoms with van der Waals surface area (Å²) < 4.78 is 0.445. The summed E-state index contributed by atoms with van der Waals surface area (Å²) in [5.41, 5.74) is 2.34. The molecule has 1 aromatic carbocycles. The molecule has 3 atom stereocenters. The second kappa shape index (κ2) is 6.16. The van der Waals surface area contributed by atoms with Crippen LogP contribution in [0.15, 0.2) is 21.7 Å². The van der Waals surface area contributed by atoms with E-state index in [0.29, 0.717) is 10.4 Å². The number of nitrogens with one attached hydrogen (secondary N) is 1. The quantitative estimate of drug-likeness (QED) is 0.463. The molecule has 2 N–H and O–H groups in total. The van der Waals surface area contributed by atoms with Crippen LogP contribution >= 0.6 is 15.9 Å². The first-order chi connectivity index (χ1) is 11.3. The van der Waals surface area contributed by atoms with Crippen molar-refractivity contribution in [3.8, 4) is 5.75 Å². The molecule has 2 fully saturated rings. The summed E-state index contributed by atoms with van der Waals surface area (Å²) in [5.74, 6) is -0.178. The third-order valence-corrected chi connectivity index (χ3v) is 5.73. The Balaban J connectivity index is 1.69. The van der Waals surface area contributed by atoms with Crippen LogP contribution in [0.5, 0.6) is 5.75 Å². The summed E-state index contributed by atoms with van der Waals surface area (Å²) in [5, 5.41) is 24.7. The summed E-state index contributed by atoms with van der Waals surface area (Å²) in [6.07, 6.45) is 5.70. The number of carbonyl (C=O) groups is 1. The Labute approximate surface area is 147 Å². The van der Waals surface area contributed by atoms with Gasteiger partial charge in [0.15, 0.2) is 0 Å². The maximum absolute atomic E-state index is 12.3. The van der Waals surface area contributed by atoms with Gasteiger partial charge in [0.05, 0.1) is 11.1 Å². The molecule has 0 unspecified atom stereocenters. The van der Waals surface area contributed by atoms with E-state index >= 15 is 0 Å². The largest absolute Gasteiger partial charge is 0.502 e. The zero-order valence-electron chi connectivity index (χ0n) is 13.2. The molecule has 0 radical (unpaired) electrons. The number of halogens is 1.